The number of allylic oxidation sites excluding steroid dienone is 2. The molecule has 2 saturated heterocycles. The summed E-state index contributed by atoms with van der Waals surface area (Å²) in [6.45, 7) is 19.3. The molecule has 0 saturated carbocycles. The number of hydrogen-bond acceptors (Lipinski definition) is 0. The Morgan fingerprint density at radius 3 is 1.19 bits per heavy atom. The first-order chi connectivity index (χ1) is 16.6. The molecule has 2 aliphatic heterocycles. The first kappa shape index (κ1) is 29.4. The summed E-state index contributed by atoms with van der Waals surface area (Å²) in [4.78, 5) is 0. The van der Waals surface area contributed by atoms with Crippen molar-refractivity contribution in [2.75, 3.05) is 0 Å². The van der Waals surface area contributed by atoms with Crippen molar-refractivity contribution in [3.05, 3.63) is 79.9 Å². The molecular weight excluding hydrogens is 571 g/mol. The molecule has 0 nitrogen and oxygen atoms in total. The molecule has 2 unspecified atom stereocenters. The van der Waals surface area contributed by atoms with E-state index in [2.05, 4.69) is 91.8 Å². The maximum absolute atomic E-state index is 2.72. The van der Waals surface area contributed by atoms with Gasteiger partial charge >= 0.3 is 226 Å². The minimum absolute atomic E-state index is 0. The third-order valence-electron chi connectivity index (χ3n) is 9.66. The van der Waals surface area contributed by atoms with Gasteiger partial charge in [0, 0.05) is 0 Å². The number of fused-ring (bicyclic) bond motifs is 2. The predicted octanol–water partition coefficient (Wildman–Crippen LogP) is 3.74. The van der Waals surface area contributed by atoms with E-state index >= 15 is 0 Å². The summed E-state index contributed by atoms with van der Waals surface area (Å²) in [5, 5.41) is 0. The zero-order chi connectivity index (χ0) is 24.9. The van der Waals surface area contributed by atoms with E-state index in [1.54, 1.807) is 44.5 Å². The van der Waals surface area contributed by atoms with Crippen LogP contribution in [-0.4, -0.2) is 0 Å². The van der Waals surface area contributed by atoms with E-state index in [4.69, 9.17) is 0 Å². The quantitative estimate of drug-likeness (QED) is 0.494. The minimum Gasteiger partial charge on any atom is -1.00 e. The van der Waals surface area contributed by atoms with E-state index in [1.165, 1.54) is 25.7 Å². The monoisotopic (exact) mass is 610 g/mol. The average molecular weight is 613 g/mol. The largest absolute Gasteiger partial charge is 1.00 e. The third kappa shape index (κ3) is 3.99. The normalized spacial score (nSPS) is 24.3. The van der Waals surface area contributed by atoms with Crippen LogP contribution in [0.3, 0.4) is 0 Å². The van der Waals surface area contributed by atoms with Gasteiger partial charge in [-0.05, 0) is 0 Å². The van der Waals surface area contributed by atoms with Crippen molar-refractivity contribution in [2.45, 2.75) is 111 Å². The van der Waals surface area contributed by atoms with E-state index in [9.17, 15) is 0 Å². The predicted molar refractivity (Wildman–Crippen MR) is 147 cm³/mol. The van der Waals surface area contributed by atoms with Gasteiger partial charge in [0.25, 0.3) is 0 Å². The van der Waals surface area contributed by atoms with Gasteiger partial charge in [0.1, 0.15) is 0 Å². The van der Waals surface area contributed by atoms with Crippen molar-refractivity contribution in [3.63, 3.8) is 0 Å². The Hall–Kier alpha value is -0.617. The Morgan fingerprint density at radius 2 is 0.865 bits per heavy atom. The molecule has 2 fully saturated rings. The molecule has 196 valence electrons. The minimum atomic E-state index is -0.891. The average Bonchev–Trinajstić information content (AvgIpc) is 3.41. The van der Waals surface area contributed by atoms with Crippen molar-refractivity contribution in [1.82, 2.24) is 0 Å². The summed E-state index contributed by atoms with van der Waals surface area (Å²) in [5.41, 5.74) is 17.0. The summed E-state index contributed by atoms with van der Waals surface area (Å²) in [6, 6.07) is 9.98. The topological polar surface area (TPSA) is 0 Å². The van der Waals surface area contributed by atoms with Crippen molar-refractivity contribution >= 4 is 12.2 Å². The van der Waals surface area contributed by atoms with Gasteiger partial charge in [0.05, 0.1) is 0 Å². The van der Waals surface area contributed by atoms with Crippen LogP contribution in [0.25, 0.3) is 12.2 Å². The molecule has 3 heteroatoms. The Kier molecular flexibility index (Phi) is 8.01. The SMILES string of the molecule is CC(C)c1ccc(C(C)C)c2c1C=C1CCC3=Cc4c(C(C)C)ccc(C(C)C)c4[C]34CC[C]12[Zr+2]4.[Cl-].[Cl-]. The van der Waals surface area contributed by atoms with Crippen LogP contribution < -0.4 is 24.8 Å². The van der Waals surface area contributed by atoms with Gasteiger partial charge in [-0.2, -0.15) is 0 Å². The fraction of sp³-hybridized carbons (Fsp3) is 0.529. The summed E-state index contributed by atoms with van der Waals surface area (Å²) < 4.78 is 0.810. The van der Waals surface area contributed by atoms with E-state index < -0.39 is 23.2 Å². The Bertz CT molecular complexity index is 1200. The van der Waals surface area contributed by atoms with Gasteiger partial charge in [-0.1, -0.05) is 0 Å². The van der Waals surface area contributed by atoms with Crippen LogP contribution in [0.2, 0.25) is 0 Å². The van der Waals surface area contributed by atoms with Gasteiger partial charge in [-0.3, -0.25) is 0 Å². The van der Waals surface area contributed by atoms with E-state index in [0.717, 1.165) is 0 Å². The van der Waals surface area contributed by atoms with Crippen LogP contribution in [0, 0.1) is 0 Å². The molecule has 2 aliphatic carbocycles. The number of benzene rings is 2. The number of halogens is 2. The number of rotatable bonds is 4. The Morgan fingerprint density at radius 1 is 0.541 bits per heavy atom. The summed E-state index contributed by atoms with van der Waals surface area (Å²) in [7, 11) is 0. The van der Waals surface area contributed by atoms with Crippen LogP contribution >= 0.6 is 0 Å². The smallest absolute Gasteiger partial charge is 1.00 e. The van der Waals surface area contributed by atoms with Gasteiger partial charge in [0.15, 0.2) is 0 Å². The second kappa shape index (κ2) is 10.1. The molecule has 37 heavy (non-hydrogen) atoms. The molecule has 2 atom stereocenters. The molecule has 2 spiro atoms. The molecule has 4 aliphatic rings. The zero-order valence-corrected chi connectivity index (χ0v) is 27.8. The molecule has 2 heterocycles. The molecule has 2 bridgehead atoms. The van der Waals surface area contributed by atoms with E-state index in [0.29, 0.717) is 29.9 Å². The van der Waals surface area contributed by atoms with E-state index in [-0.39, 0.29) is 24.8 Å². The molecule has 0 N–H and O–H groups in total. The third-order valence-corrected chi connectivity index (χ3v) is 15.8. The maximum atomic E-state index is 2.72. The molecule has 0 amide bonds. The van der Waals surface area contributed by atoms with Crippen LogP contribution in [0.4, 0.5) is 0 Å². The standard InChI is InChI=1S/C34H42.2ClH.Zr/c1-19(2)25-11-13-27(21(5)6)33-29-15-16-30-24(10-9-23(29)17-31(25)33)18-32-26(20(3)4)12-14-28(22(7)8)34(30)32;;;/h11-14,17-22H,9-10,15-16H2,1-8H3;2*1H;/q;;;+2/p-2. The molecule has 2 aromatic rings. The fourth-order valence-corrected chi connectivity index (χ4v) is 14.8. The Balaban J connectivity index is 0.00000160. The summed E-state index contributed by atoms with van der Waals surface area (Å²) >= 11 is -0.891. The molecule has 0 radical (unpaired) electrons. The number of hydrogen-bond donors (Lipinski definition) is 0. The molecule has 0 aromatic heterocycles. The van der Waals surface area contributed by atoms with Crippen molar-refractivity contribution in [3.8, 4) is 0 Å². The van der Waals surface area contributed by atoms with Crippen LogP contribution in [0.5, 0.6) is 0 Å². The van der Waals surface area contributed by atoms with Gasteiger partial charge < -0.3 is 24.8 Å². The van der Waals surface area contributed by atoms with Crippen LogP contribution in [-0.2, 0) is 29.5 Å². The zero-order valence-electron chi connectivity index (χ0n) is 23.9. The first-order valence-corrected chi connectivity index (χ1v) is 16.6. The van der Waals surface area contributed by atoms with Crippen LogP contribution in [0.15, 0.2) is 35.4 Å². The van der Waals surface area contributed by atoms with Gasteiger partial charge in [-0.25, -0.2) is 0 Å². The van der Waals surface area contributed by atoms with Crippen molar-refractivity contribution in [1.29, 1.82) is 0 Å². The molecular formula is C34H42Cl2Zr. The second-order valence-corrected chi connectivity index (χ2v) is 17.8. The van der Waals surface area contributed by atoms with Crippen molar-refractivity contribution in [2.24, 2.45) is 0 Å². The van der Waals surface area contributed by atoms with Crippen molar-refractivity contribution < 1.29 is 48.0 Å². The first-order valence-electron chi connectivity index (χ1n) is 14.2. The van der Waals surface area contributed by atoms with Crippen LogP contribution in [0.1, 0.15) is 149 Å². The van der Waals surface area contributed by atoms with E-state index in [1.807, 2.05) is 11.1 Å². The maximum Gasteiger partial charge on any atom is -1.00 e. The second-order valence-electron chi connectivity index (χ2n) is 13.0. The Labute approximate surface area is 249 Å². The molecule has 6 rings (SSSR count). The fourth-order valence-electron chi connectivity index (χ4n) is 8.02. The summed E-state index contributed by atoms with van der Waals surface area (Å²) in [6.07, 6.45) is 10.8. The van der Waals surface area contributed by atoms with Gasteiger partial charge in [0.2, 0.25) is 0 Å². The summed E-state index contributed by atoms with van der Waals surface area (Å²) in [5.74, 6) is 2.36. The molecule has 2 aromatic carbocycles. The van der Waals surface area contributed by atoms with Gasteiger partial charge in [-0.15, -0.1) is 0 Å².